The van der Waals surface area contributed by atoms with Gasteiger partial charge >= 0.3 is 0 Å². The number of unbranched alkanes of at least 4 members (excludes halogenated alkanes) is 33. The third-order valence-electron chi connectivity index (χ3n) is 11.1. The fourth-order valence-corrected chi connectivity index (χ4v) is 7.37. The second-order valence-electron chi connectivity index (χ2n) is 16.5. The molecule has 3 N–H and O–H groups in total. The smallest absolute Gasteiger partial charge is 0.220 e. The van der Waals surface area contributed by atoms with Gasteiger partial charge in [0.2, 0.25) is 5.91 Å². The first-order valence-electron chi connectivity index (χ1n) is 24.2. The van der Waals surface area contributed by atoms with Gasteiger partial charge in [-0.3, -0.25) is 4.79 Å². The second kappa shape index (κ2) is 46.0. The summed E-state index contributed by atoms with van der Waals surface area (Å²) in [4.78, 5) is 12.4. The molecular weight excluding hydrogens is 663 g/mol. The van der Waals surface area contributed by atoms with Crippen LogP contribution in [0.1, 0.15) is 258 Å². The molecule has 0 aromatic heterocycles. The van der Waals surface area contributed by atoms with Gasteiger partial charge in [-0.2, -0.15) is 0 Å². The lowest BCUT2D eigenvalue weighted by molar-refractivity contribution is -0.123. The highest BCUT2D eigenvalue weighted by Gasteiger charge is 2.17. The van der Waals surface area contributed by atoms with E-state index in [0.717, 1.165) is 32.1 Å². The van der Waals surface area contributed by atoms with Crippen molar-refractivity contribution in [2.24, 2.45) is 0 Å². The van der Waals surface area contributed by atoms with Crippen molar-refractivity contribution in [2.45, 2.75) is 270 Å². The predicted molar refractivity (Wildman–Crippen MR) is 239 cm³/mol. The number of carbonyl (C=O) groups excluding carboxylic acids is 1. The van der Waals surface area contributed by atoms with Gasteiger partial charge in [0.1, 0.15) is 0 Å². The molecule has 0 heterocycles. The topological polar surface area (TPSA) is 69.6 Å². The number of aliphatic hydroxyl groups excluding tert-OH is 2. The Hall–Kier alpha value is -1.39. The van der Waals surface area contributed by atoms with E-state index in [-0.39, 0.29) is 12.5 Å². The molecule has 4 heteroatoms. The van der Waals surface area contributed by atoms with Crippen LogP contribution in [-0.4, -0.2) is 34.9 Å². The van der Waals surface area contributed by atoms with E-state index in [1.54, 1.807) is 6.08 Å². The molecule has 0 aromatic carbocycles. The van der Waals surface area contributed by atoms with Crippen LogP contribution in [0, 0.1) is 0 Å². The van der Waals surface area contributed by atoms with Crippen LogP contribution < -0.4 is 5.32 Å². The lowest BCUT2D eigenvalue weighted by Crippen LogP contribution is -2.45. The number of rotatable bonds is 44. The molecule has 0 aliphatic rings. The summed E-state index contributed by atoms with van der Waals surface area (Å²) in [5.74, 6) is -0.0736. The summed E-state index contributed by atoms with van der Waals surface area (Å²) in [7, 11) is 0. The number of carbonyl (C=O) groups is 1. The van der Waals surface area contributed by atoms with E-state index >= 15 is 0 Å². The molecule has 0 spiro atoms. The first-order chi connectivity index (χ1) is 26.7. The molecule has 318 valence electrons. The van der Waals surface area contributed by atoms with Crippen LogP contribution in [0.25, 0.3) is 0 Å². The van der Waals surface area contributed by atoms with E-state index in [0.29, 0.717) is 6.42 Å². The fraction of sp³-hybridized carbons (Fsp3) is 0.860. The largest absolute Gasteiger partial charge is 0.394 e. The molecule has 0 radical (unpaired) electrons. The Balaban J connectivity index is 3.42. The van der Waals surface area contributed by atoms with Crippen LogP contribution in [0.4, 0.5) is 0 Å². The zero-order valence-corrected chi connectivity index (χ0v) is 36.5. The Kier molecular flexibility index (Phi) is 44.8. The quantitative estimate of drug-likeness (QED) is 0.0428. The average Bonchev–Trinajstić information content (AvgIpc) is 3.18. The molecule has 2 atom stereocenters. The first-order valence-corrected chi connectivity index (χ1v) is 24.2. The molecule has 2 unspecified atom stereocenters. The maximum atomic E-state index is 12.4. The summed E-state index contributed by atoms with van der Waals surface area (Å²) >= 11 is 0. The van der Waals surface area contributed by atoms with Gasteiger partial charge in [-0.15, -0.1) is 0 Å². The second-order valence-corrected chi connectivity index (χ2v) is 16.5. The van der Waals surface area contributed by atoms with Crippen LogP contribution >= 0.6 is 0 Å². The Morgan fingerprint density at radius 1 is 0.426 bits per heavy atom. The summed E-state index contributed by atoms with van der Waals surface area (Å²) in [6, 6.07) is -0.635. The van der Waals surface area contributed by atoms with Crippen molar-refractivity contribution in [3.63, 3.8) is 0 Å². The van der Waals surface area contributed by atoms with Gasteiger partial charge in [0, 0.05) is 6.42 Å². The van der Waals surface area contributed by atoms with Crippen LogP contribution in [0.2, 0.25) is 0 Å². The van der Waals surface area contributed by atoms with Gasteiger partial charge in [0.05, 0.1) is 18.8 Å². The Bertz CT molecular complexity index is 821. The minimum absolute atomic E-state index is 0.0736. The summed E-state index contributed by atoms with van der Waals surface area (Å²) in [6.45, 7) is 4.27. The van der Waals surface area contributed by atoms with E-state index in [1.165, 1.54) is 205 Å². The number of hydrogen-bond donors (Lipinski definition) is 3. The van der Waals surface area contributed by atoms with Gasteiger partial charge in [-0.25, -0.2) is 0 Å². The third kappa shape index (κ3) is 41.8. The van der Waals surface area contributed by atoms with Crippen molar-refractivity contribution in [1.29, 1.82) is 0 Å². The summed E-state index contributed by atoms with van der Waals surface area (Å²) in [5.41, 5.74) is 0. The number of nitrogens with one attached hydrogen (secondary N) is 1. The number of hydrogen-bond acceptors (Lipinski definition) is 3. The van der Waals surface area contributed by atoms with Gasteiger partial charge in [-0.05, 0) is 57.8 Å². The minimum Gasteiger partial charge on any atom is -0.394 e. The van der Waals surface area contributed by atoms with Gasteiger partial charge in [-0.1, -0.05) is 230 Å². The maximum absolute atomic E-state index is 12.4. The van der Waals surface area contributed by atoms with E-state index in [9.17, 15) is 15.0 Å². The van der Waals surface area contributed by atoms with Gasteiger partial charge < -0.3 is 15.5 Å². The molecule has 1 amide bonds. The van der Waals surface area contributed by atoms with Crippen LogP contribution in [0.5, 0.6) is 0 Å². The number of amides is 1. The van der Waals surface area contributed by atoms with Crippen molar-refractivity contribution >= 4 is 5.91 Å². The molecule has 0 bridgehead atoms. The fourth-order valence-electron chi connectivity index (χ4n) is 7.37. The molecule has 0 saturated carbocycles. The lowest BCUT2D eigenvalue weighted by Gasteiger charge is -2.19. The molecule has 4 nitrogen and oxygen atoms in total. The van der Waals surface area contributed by atoms with Crippen molar-refractivity contribution in [2.75, 3.05) is 6.61 Å². The van der Waals surface area contributed by atoms with Gasteiger partial charge in [0.15, 0.2) is 0 Å². The van der Waals surface area contributed by atoms with E-state index in [1.807, 2.05) is 6.08 Å². The Morgan fingerprint density at radius 3 is 1.09 bits per heavy atom. The van der Waals surface area contributed by atoms with Crippen LogP contribution in [0.15, 0.2) is 36.5 Å². The van der Waals surface area contributed by atoms with E-state index < -0.39 is 12.1 Å². The van der Waals surface area contributed by atoms with E-state index in [4.69, 9.17) is 0 Å². The highest BCUT2D eigenvalue weighted by Crippen LogP contribution is 2.16. The minimum atomic E-state index is -0.858. The molecule has 0 aliphatic heterocycles. The first kappa shape index (κ1) is 52.6. The van der Waals surface area contributed by atoms with Crippen LogP contribution in [-0.2, 0) is 4.79 Å². The number of allylic oxidation sites excluding steroid dienone is 5. The molecule has 0 fully saturated rings. The molecule has 0 aliphatic carbocycles. The third-order valence-corrected chi connectivity index (χ3v) is 11.1. The average molecular weight is 758 g/mol. The molecule has 0 saturated heterocycles. The van der Waals surface area contributed by atoms with Crippen molar-refractivity contribution in [3.05, 3.63) is 36.5 Å². The van der Waals surface area contributed by atoms with Crippen LogP contribution in [0.3, 0.4) is 0 Å². The maximum Gasteiger partial charge on any atom is 0.220 e. The molecule has 54 heavy (non-hydrogen) atoms. The molecular formula is C50H95NO3. The monoisotopic (exact) mass is 758 g/mol. The van der Waals surface area contributed by atoms with Gasteiger partial charge in [0.25, 0.3) is 0 Å². The van der Waals surface area contributed by atoms with Crippen molar-refractivity contribution in [1.82, 2.24) is 5.32 Å². The normalized spacial score (nSPS) is 13.2. The zero-order valence-electron chi connectivity index (χ0n) is 36.5. The SMILES string of the molecule is CCCCCC/C=C/CC/C=C/C(O)C(CO)NC(=O)CCCCCCCCCCCCCCCCCC/C=C\CCCCCCCCCCCCCC. The van der Waals surface area contributed by atoms with E-state index in [2.05, 4.69) is 43.5 Å². The highest BCUT2D eigenvalue weighted by molar-refractivity contribution is 5.76. The highest BCUT2D eigenvalue weighted by atomic mass is 16.3. The predicted octanol–water partition coefficient (Wildman–Crippen LogP) is 15.4. The lowest BCUT2D eigenvalue weighted by atomic mass is 10.0. The molecule has 0 rings (SSSR count). The number of aliphatic hydroxyl groups is 2. The van der Waals surface area contributed by atoms with Crippen molar-refractivity contribution < 1.29 is 15.0 Å². The molecule has 0 aromatic rings. The summed E-state index contributed by atoms with van der Waals surface area (Å²) in [6.07, 6.45) is 61.5. The zero-order chi connectivity index (χ0) is 39.3. The van der Waals surface area contributed by atoms with Crippen molar-refractivity contribution in [3.8, 4) is 0 Å². The standard InChI is InChI=1S/C50H95NO3/c1-3-5-7-9-11-13-15-16-17-18-19-20-21-22-23-24-25-26-27-28-29-30-31-32-33-34-35-36-38-40-42-44-46-50(54)51-48(47-52)49(53)45-43-41-39-37-14-12-10-8-6-4-2/h14,22-23,37,43,45,48-49,52-53H,3-13,15-21,24-36,38-42,44,46-47H2,1-2H3,(H,51,54)/b23-22-,37-14+,45-43+. The Labute approximate surface area is 338 Å². The summed E-state index contributed by atoms with van der Waals surface area (Å²) in [5, 5.41) is 22.9. The Morgan fingerprint density at radius 2 is 0.722 bits per heavy atom. The summed E-state index contributed by atoms with van der Waals surface area (Å²) < 4.78 is 0.